The Bertz CT molecular complexity index is 112. The molecule has 0 saturated carbocycles. The molecule has 0 bridgehead atoms. The second-order valence-electron chi connectivity index (χ2n) is 1.20. The molecule has 1 rings (SSSR count). The van der Waals surface area contributed by atoms with Gasteiger partial charge in [0.15, 0.2) is 0 Å². The van der Waals surface area contributed by atoms with Crippen LogP contribution in [0.2, 0.25) is 0 Å². The maximum Gasteiger partial charge on any atom is 0.126 e. The number of hydrogen-bond acceptors (Lipinski definition) is 2. The first-order valence-corrected chi connectivity index (χ1v) is 2.75. The van der Waals surface area contributed by atoms with E-state index in [0.717, 1.165) is 5.56 Å². The third-order valence-corrected chi connectivity index (χ3v) is 0.556. The van der Waals surface area contributed by atoms with Gasteiger partial charge in [0, 0.05) is 5.56 Å². The molecule has 0 aromatic carbocycles. The molecule has 0 aliphatic rings. The normalized spacial score (nSPS) is 6.56. The predicted molar refractivity (Wildman–Crippen MR) is 39.3 cm³/mol. The van der Waals surface area contributed by atoms with Gasteiger partial charge in [-0.2, -0.15) is 0 Å². The average Bonchev–Trinajstić information content (AvgIpc) is 2.24. The van der Waals surface area contributed by atoms with Crippen LogP contribution in [0.1, 0.15) is 26.8 Å². The second kappa shape index (κ2) is 7.21. The Hall–Kier alpha value is -0.790. The van der Waals surface area contributed by atoms with Crippen LogP contribution in [0.25, 0.3) is 0 Å². The Labute approximate surface area is 56.9 Å². The molecule has 0 saturated heterocycles. The molecular weight excluding hydrogens is 114 g/mol. The van der Waals surface area contributed by atoms with Gasteiger partial charge < -0.3 is 4.52 Å². The van der Waals surface area contributed by atoms with Crippen molar-refractivity contribution in [1.29, 1.82) is 0 Å². The SMILES string of the molecule is C.CC.Cc1cnoc1. The van der Waals surface area contributed by atoms with Crippen molar-refractivity contribution in [3.8, 4) is 0 Å². The largest absolute Gasteiger partial charge is 0.365 e. The molecule has 1 aromatic rings. The van der Waals surface area contributed by atoms with Gasteiger partial charge in [-0.1, -0.05) is 26.4 Å². The Morgan fingerprint density at radius 3 is 2.11 bits per heavy atom. The van der Waals surface area contributed by atoms with Gasteiger partial charge in [0.25, 0.3) is 0 Å². The minimum atomic E-state index is 0. The Balaban J connectivity index is 0. The zero-order chi connectivity index (χ0) is 6.41. The summed E-state index contributed by atoms with van der Waals surface area (Å²) in [6, 6.07) is 0. The highest BCUT2D eigenvalue weighted by Gasteiger charge is 1.77. The van der Waals surface area contributed by atoms with Gasteiger partial charge in [0.2, 0.25) is 0 Å². The number of nitrogens with zero attached hydrogens (tertiary/aromatic N) is 1. The molecule has 0 radical (unpaired) electrons. The molecule has 0 atom stereocenters. The molecular formula is C7H15NO. The molecule has 0 aliphatic carbocycles. The van der Waals surface area contributed by atoms with Gasteiger partial charge in [0.05, 0.1) is 6.20 Å². The van der Waals surface area contributed by atoms with Gasteiger partial charge in [-0.15, -0.1) is 0 Å². The van der Waals surface area contributed by atoms with E-state index >= 15 is 0 Å². The first-order valence-electron chi connectivity index (χ1n) is 2.75. The third kappa shape index (κ3) is 5.07. The summed E-state index contributed by atoms with van der Waals surface area (Å²) in [6.45, 7) is 5.93. The lowest BCUT2D eigenvalue weighted by atomic mass is 10.4. The smallest absolute Gasteiger partial charge is 0.126 e. The highest BCUT2D eigenvalue weighted by molar-refractivity contribution is 4.94. The van der Waals surface area contributed by atoms with E-state index in [4.69, 9.17) is 0 Å². The summed E-state index contributed by atoms with van der Waals surface area (Å²) in [4.78, 5) is 0. The van der Waals surface area contributed by atoms with Crippen molar-refractivity contribution >= 4 is 0 Å². The van der Waals surface area contributed by atoms with Crippen molar-refractivity contribution in [2.75, 3.05) is 0 Å². The lowest BCUT2D eigenvalue weighted by Crippen LogP contribution is -1.50. The Morgan fingerprint density at radius 1 is 1.44 bits per heavy atom. The summed E-state index contributed by atoms with van der Waals surface area (Å²) in [5.41, 5.74) is 1.06. The van der Waals surface area contributed by atoms with E-state index in [-0.39, 0.29) is 7.43 Å². The third-order valence-electron chi connectivity index (χ3n) is 0.556. The second-order valence-corrected chi connectivity index (χ2v) is 1.20. The first-order chi connectivity index (χ1) is 3.89. The van der Waals surface area contributed by atoms with E-state index in [0.29, 0.717) is 0 Å². The predicted octanol–water partition coefficient (Wildman–Crippen LogP) is 2.65. The molecule has 54 valence electrons. The summed E-state index contributed by atoms with van der Waals surface area (Å²) in [5.74, 6) is 0. The van der Waals surface area contributed by atoms with Crippen molar-refractivity contribution in [2.24, 2.45) is 0 Å². The van der Waals surface area contributed by atoms with E-state index in [1.807, 2.05) is 20.8 Å². The summed E-state index contributed by atoms with van der Waals surface area (Å²) < 4.78 is 4.46. The fraction of sp³-hybridized carbons (Fsp3) is 0.571. The molecule has 0 aliphatic heterocycles. The quantitative estimate of drug-likeness (QED) is 0.538. The van der Waals surface area contributed by atoms with Crippen molar-refractivity contribution in [2.45, 2.75) is 28.2 Å². The number of rotatable bonds is 0. The summed E-state index contributed by atoms with van der Waals surface area (Å²) >= 11 is 0. The van der Waals surface area contributed by atoms with Crippen LogP contribution in [-0.2, 0) is 0 Å². The summed E-state index contributed by atoms with van der Waals surface area (Å²) in [5, 5.41) is 3.45. The molecule has 0 unspecified atom stereocenters. The summed E-state index contributed by atoms with van der Waals surface area (Å²) in [6.07, 6.45) is 3.26. The van der Waals surface area contributed by atoms with Crippen LogP contribution in [-0.4, -0.2) is 5.16 Å². The topological polar surface area (TPSA) is 26.0 Å². The van der Waals surface area contributed by atoms with Crippen LogP contribution in [0.3, 0.4) is 0 Å². The molecule has 1 aromatic heterocycles. The van der Waals surface area contributed by atoms with E-state index in [9.17, 15) is 0 Å². The maximum atomic E-state index is 4.46. The van der Waals surface area contributed by atoms with E-state index < -0.39 is 0 Å². The minimum absolute atomic E-state index is 0. The summed E-state index contributed by atoms with van der Waals surface area (Å²) in [7, 11) is 0. The zero-order valence-corrected chi connectivity index (χ0v) is 5.51. The van der Waals surface area contributed by atoms with Crippen LogP contribution in [0, 0.1) is 6.92 Å². The van der Waals surface area contributed by atoms with Crippen LogP contribution < -0.4 is 0 Å². The molecule has 2 nitrogen and oxygen atoms in total. The molecule has 9 heavy (non-hydrogen) atoms. The molecule has 0 N–H and O–H groups in total. The van der Waals surface area contributed by atoms with Gasteiger partial charge in [-0.25, -0.2) is 0 Å². The first kappa shape index (κ1) is 11.1. The van der Waals surface area contributed by atoms with Crippen molar-refractivity contribution in [1.82, 2.24) is 5.16 Å². The van der Waals surface area contributed by atoms with Gasteiger partial charge in [0.1, 0.15) is 6.26 Å². The molecule has 0 spiro atoms. The molecule has 0 amide bonds. The molecule has 1 heterocycles. The fourth-order valence-electron chi connectivity index (χ4n) is 0.258. The van der Waals surface area contributed by atoms with E-state index in [1.165, 1.54) is 0 Å². The highest BCUT2D eigenvalue weighted by atomic mass is 16.5. The lowest BCUT2D eigenvalue weighted by Gasteiger charge is -1.60. The maximum absolute atomic E-state index is 4.46. The van der Waals surface area contributed by atoms with Crippen LogP contribution in [0.5, 0.6) is 0 Å². The highest BCUT2D eigenvalue weighted by Crippen LogP contribution is 1.88. The molecule has 0 fully saturated rings. The van der Waals surface area contributed by atoms with Crippen molar-refractivity contribution in [3.05, 3.63) is 18.0 Å². The van der Waals surface area contributed by atoms with Gasteiger partial charge in [-0.05, 0) is 6.92 Å². The van der Waals surface area contributed by atoms with Crippen LogP contribution in [0.15, 0.2) is 17.0 Å². The fourth-order valence-corrected chi connectivity index (χ4v) is 0.258. The van der Waals surface area contributed by atoms with E-state index in [1.54, 1.807) is 12.5 Å². The minimum Gasteiger partial charge on any atom is -0.365 e. The van der Waals surface area contributed by atoms with Crippen molar-refractivity contribution < 1.29 is 4.52 Å². The number of aromatic nitrogens is 1. The Kier molecular flexibility index (Phi) is 8.87. The van der Waals surface area contributed by atoms with Crippen molar-refractivity contribution in [3.63, 3.8) is 0 Å². The van der Waals surface area contributed by atoms with Crippen LogP contribution in [0.4, 0.5) is 0 Å². The number of aryl methyl sites for hydroxylation is 1. The Morgan fingerprint density at radius 2 is 2.00 bits per heavy atom. The van der Waals surface area contributed by atoms with Gasteiger partial charge in [-0.3, -0.25) is 0 Å². The average molecular weight is 129 g/mol. The standard InChI is InChI=1S/C4H5NO.C2H6.CH4/c1-4-2-5-6-3-4;1-2;/h2-3H,1H3;1-2H3;1H4. The lowest BCUT2D eigenvalue weighted by molar-refractivity contribution is 0.419. The van der Waals surface area contributed by atoms with E-state index in [2.05, 4.69) is 9.68 Å². The monoisotopic (exact) mass is 129 g/mol. The molecule has 2 heteroatoms. The van der Waals surface area contributed by atoms with Crippen LogP contribution >= 0.6 is 0 Å². The number of hydrogen-bond donors (Lipinski definition) is 0. The van der Waals surface area contributed by atoms with Gasteiger partial charge >= 0.3 is 0 Å². The zero-order valence-electron chi connectivity index (χ0n) is 5.51.